The zero-order chi connectivity index (χ0) is 30.7. The predicted molar refractivity (Wildman–Crippen MR) is 168 cm³/mol. The second kappa shape index (κ2) is 13.3. The Morgan fingerprint density at radius 3 is 2.07 bits per heavy atom. The summed E-state index contributed by atoms with van der Waals surface area (Å²) < 4.78 is 23.7. The van der Waals surface area contributed by atoms with Crippen LogP contribution >= 0.6 is 0 Å². The number of Topliss-reactive ketones (excluding diaryl/α,β-unsaturated/α-hetero) is 2. The van der Waals surface area contributed by atoms with Gasteiger partial charge in [0.15, 0.2) is 11.5 Å². The summed E-state index contributed by atoms with van der Waals surface area (Å²) in [5.74, 6) is 2.14. The van der Waals surface area contributed by atoms with Gasteiger partial charge in [-0.1, -0.05) is 20.8 Å². The maximum absolute atomic E-state index is 13.1. The van der Waals surface area contributed by atoms with E-state index in [9.17, 15) is 9.59 Å². The van der Waals surface area contributed by atoms with Crippen LogP contribution in [-0.4, -0.2) is 49.5 Å². The Hall–Kier alpha value is -3.62. The minimum atomic E-state index is -0.136. The second-order valence-corrected chi connectivity index (χ2v) is 12.4. The largest absolute Gasteiger partial charge is 0.490 e. The second-order valence-electron chi connectivity index (χ2n) is 12.4. The average Bonchev–Trinajstić information content (AvgIpc) is 3.57. The number of hydrogen-bond acceptors (Lipinski definition) is 8. The van der Waals surface area contributed by atoms with E-state index in [1.165, 1.54) is 0 Å². The van der Waals surface area contributed by atoms with Crippen molar-refractivity contribution in [3.63, 3.8) is 0 Å². The first-order chi connectivity index (χ1) is 20.6. The molecule has 2 unspecified atom stereocenters. The monoisotopic (exact) mass is 588 g/mol. The molecule has 5 rings (SSSR count). The van der Waals surface area contributed by atoms with Crippen molar-refractivity contribution in [1.82, 2.24) is 10.6 Å². The molecule has 2 aromatic carbocycles. The number of rotatable bonds is 15. The number of ether oxygens (including phenoxy) is 2. The molecule has 0 saturated heterocycles. The number of benzene rings is 2. The Morgan fingerprint density at radius 1 is 0.837 bits per heavy atom. The summed E-state index contributed by atoms with van der Waals surface area (Å²) >= 11 is 0. The first-order valence-electron chi connectivity index (χ1n) is 15.5. The number of hydrogen-bond donors (Lipinski definition) is 2. The van der Waals surface area contributed by atoms with Crippen LogP contribution in [0.4, 0.5) is 0 Å². The highest BCUT2D eigenvalue weighted by atomic mass is 16.5. The highest BCUT2D eigenvalue weighted by Gasteiger charge is 2.32. The number of likely N-dealkylation sites (N-methyl/N-ethyl adjacent to an activating group) is 1. The van der Waals surface area contributed by atoms with Crippen molar-refractivity contribution < 1.29 is 27.9 Å². The van der Waals surface area contributed by atoms with Crippen LogP contribution in [0.15, 0.2) is 57.4 Å². The quantitative estimate of drug-likeness (QED) is 0.141. The van der Waals surface area contributed by atoms with Gasteiger partial charge in [0, 0.05) is 41.2 Å². The number of ketones is 2. The van der Waals surface area contributed by atoms with Crippen molar-refractivity contribution in [3.8, 4) is 11.5 Å². The van der Waals surface area contributed by atoms with Gasteiger partial charge in [-0.2, -0.15) is 0 Å². The van der Waals surface area contributed by atoms with Crippen LogP contribution in [0.5, 0.6) is 11.5 Å². The minimum absolute atomic E-state index is 0.00380. The number of fused-ring (bicyclic) bond motifs is 2. The van der Waals surface area contributed by atoms with Gasteiger partial charge in [-0.05, 0) is 95.1 Å². The molecule has 230 valence electrons. The molecule has 1 fully saturated rings. The van der Waals surface area contributed by atoms with Crippen molar-refractivity contribution in [1.29, 1.82) is 0 Å². The third-order valence-electron chi connectivity index (χ3n) is 8.21. The highest BCUT2D eigenvalue weighted by molar-refractivity contribution is 5.99. The van der Waals surface area contributed by atoms with Gasteiger partial charge in [-0.15, -0.1) is 0 Å². The fourth-order valence-electron chi connectivity index (χ4n) is 5.63. The average molecular weight is 589 g/mol. The SMILES string of the molecule is CNC[C@@H](C)Oc1ccc2oc(C(=O)C(C)CCC(C)N[C@H]3C[C@H](Oc4ccc5oc(C(=O)C(C)C)cc5c4)C3)cc2c1. The van der Waals surface area contributed by atoms with Gasteiger partial charge in [-0.3, -0.25) is 9.59 Å². The number of carbonyl (C=O) groups excluding carboxylic acids is 2. The molecule has 8 nitrogen and oxygen atoms in total. The molecule has 2 N–H and O–H groups in total. The highest BCUT2D eigenvalue weighted by Crippen LogP contribution is 2.31. The van der Waals surface area contributed by atoms with E-state index in [0.29, 0.717) is 28.7 Å². The summed E-state index contributed by atoms with van der Waals surface area (Å²) in [5, 5.41) is 8.54. The zero-order valence-corrected chi connectivity index (χ0v) is 26.1. The van der Waals surface area contributed by atoms with Crippen molar-refractivity contribution in [2.45, 2.75) is 84.6 Å². The molecule has 0 amide bonds. The lowest BCUT2D eigenvalue weighted by molar-refractivity contribution is 0.0790. The molecule has 0 aliphatic heterocycles. The van der Waals surface area contributed by atoms with E-state index in [2.05, 4.69) is 17.6 Å². The molecular formula is C35H44N2O6. The van der Waals surface area contributed by atoms with Gasteiger partial charge >= 0.3 is 0 Å². The fourth-order valence-corrected chi connectivity index (χ4v) is 5.63. The van der Waals surface area contributed by atoms with Crippen LogP contribution in [0, 0.1) is 11.8 Å². The van der Waals surface area contributed by atoms with Crippen molar-refractivity contribution in [2.75, 3.05) is 13.6 Å². The summed E-state index contributed by atoms with van der Waals surface area (Å²) in [6.45, 7) is 10.6. The molecule has 1 aliphatic rings. The molecule has 3 atom stereocenters. The zero-order valence-electron chi connectivity index (χ0n) is 26.1. The first-order valence-corrected chi connectivity index (χ1v) is 15.5. The Kier molecular flexibility index (Phi) is 9.57. The van der Waals surface area contributed by atoms with Crippen molar-refractivity contribution in [3.05, 3.63) is 60.1 Å². The maximum atomic E-state index is 13.1. The Bertz CT molecular complexity index is 1560. The lowest BCUT2D eigenvalue weighted by Gasteiger charge is -2.37. The van der Waals surface area contributed by atoms with Crippen LogP contribution in [0.1, 0.15) is 81.4 Å². The van der Waals surface area contributed by atoms with Gasteiger partial charge in [0.05, 0.1) is 0 Å². The standard InChI is InChI=1S/C35H44N2O6/c1-20(2)34(38)32-15-25-14-28(10-12-30(25)42-32)41-29-17-26(18-29)37-22(4)8-7-21(3)35(39)33-16-24-13-27(9-11-31(24)43-33)40-23(5)19-36-6/h9-16,20-23,26,29,36-37H,7-8,17-19H2,1-6H3/t21?,22?,23-,26-,29-/m1/s1. The van der Waals surface area contributed by atoms with Crippen LogP contribution in [-0.2, 0) is 0 Å². The van der Waals surface area contributed by atoms with Crippen LogP contribution in [0.3, 0.4) is 0 Å². The molecule has 1 saturated carbocycles. The summed E-state index contributed by atoms with van der Waals surface area (Å²) in [5.41, 5.74) is 1.39. The topological polar surface area (TPSA) is 103 Å². The molecule has 0 radical (unpaired) electrons. The van der Waals surface area contributed by atoms with E-state index < -0.39 is 0 Å². The summed E-state index contributed by atoms with van der Waals surface area (Å²) in [7, 11) is 1.90. The Labute approximate surface area is 253 Å². The van der Waals surface area contributed by atoms with E-state index in [-0.39, 0.29) is 41.7 Å². The van der Waals surface area contributed by atoms with E-state index in [1.807, 2.05) is 77.2 Å². The maximum Gasteiger partial charge on any atom is 0.200 e. The molecule has 1 aliphatic carbocycles. The number of carbonyl (C=O) groups is 2. The van der Waals surface area contributed by atoms with E-state index in [0.717, 1.165) is 54.5 Å². The van der Waals surface area contributed by atoms with Crippen molar-refractivity contribution >= 4 is 33.5 Å². The molecule has 8 heteroatoms. The molecular weight excluding hydrogens is 544 g/mol. The van der Waals surface area contributed by atoms with Crippen LogP contribution < -0.4 is 20.1 Å². The van der Waals surface area contributed by atoms with E-state index in [1.54, 1.807) is 6.07 Å². The van der Waals surface area contributed by atoms with Gasteiger partial charge in [-0.25, -0.2) is 0 Å². The lowest BCUT2D eigenvalue weighted by Crippen LogP contribution is -2.49. The Balaban J connectivity index is 1.05. The smallest absolute Gasteiger partial charge is 0.200 e. The molecule has 0 bridgehead atoms. The predicted octanol–water partition coefficient (Wildman–Crippen LogP) is 7.19. The summed E-state index contributed by atoms with van der Waals surface area (Å²) in [6.07, 6.45) is 3.72. The van der Waals surface area contributed by atoms with Crippen LogP contribution in [0.25, 0.3) is 21.9 Å². The molecule has 0 spiro atoms. The van der Waals surface area contributed by atoms with Crippen LogP contribution in [0.2, 0.25) is 0 Å². The van der Waals surface area contributed by atoms with Crippen molar-refractivity contribution in [2.24, 2.45) is 11.8 Å². The number of furan rings is 2. The Morgan fingerprint density at radius 2 is 1.44 bits per heavy atom. The van der Waals surface area contributed by atoms with Gasteiger partial charge in [0.25, 0.3) is 0 Å². The van der Waals surface area contributed by atoms with Gasteiger partial charge in [0.2, 0.25) is 11.6 Å². The first kappa shape index (κ1) is 30.8. The third kappa shape index (κ3) is 7.48. The molecule has 43 heavy (non-hydrogen) atoms. The number of nitrogens with one attached hydrogen (secondary N) is 2. The lowest BCUT2D eigenvalue weighted by atomic mass is 9.88. The van der Waals surface area contributed by atoms with E-state index >= 15 is 0 Å². The summed E-state index contributed by atoms with van der Waals surface area (Å²) in [6, 6.07) is 15.7. The molecule has 4 aromatic rings. The normalized spacial score (nSPS) is 18.9. The van der Waals surface area contributed by atoms with Gasteiger partial charge in [0.1, 0.15) is 34.9 Å². The van der Waals surface area contributed by atoms with Gasteiger partial charge < -0.3 is 28.9 Å². The molecule has 2 aromatic heterocycles. The third-order valence-corrected chi connectivity index (χ3v) is 8.21. The fraction of sp³-hybridized carbons (Fsp3) is 0.486. The summed E-state index contributed by atoms with van der Waals surface area (Å²) in [4.78, 5) is 25.4. The molecule has 2 heterocycles. The minimum Gasteiger partial charge on any atom is -0.490 e. The van der Waals surface area contributed by atoms with E-state index in [4.69, 9.17) is 18.3 Å².